The zero-order valence-corrected chi connectivity index (χ0v) is 12.4. The Kier molecular flexibility index (Phi) is 3.10. The fraction of sp³-hybridized carbons (Fsp3) is 0.200. The van der Waals surface area contributed by atoms with Crippen LogP contribution >= 0.6 is 11.6 Å². The summed E-state index contributed by atoms with van der Waals surface area (Å²) >= 11 is 6.17. The Morgan fingerprint density at radius 3 is 2.65 bits per heavy atom. The smallest absolute Gasteiger partial charge is 0.180 e. The van der Waals surface area contributed by atoms with E-state index in [-0.39, 0.29) is 0 Å². The Balaban J connectivity index is 2.15. The molecule has 1 aromatic carbocycles. The second kappa shape index (κ2) is 4.80. The molecule has 0 aliphatic carbocycles. The highest BCUT2D eigenvalue weighted by molar-refractivity contribution is 6.31. The first-order valence-corrected chi connectivity index (χ1v) is 6.73. The van der Waals surface area contributed by atoms with Crippen LogP contribution in [0.3, 0.4) is 0 Å². The number of rotatable bonds is 2. The maximum absolute atomic E-state index is 6.17. The number of imidazole rings is 1. The maximum atomic E-state index is 6.17. The van der Waals surface area contributed by atoms with E-state index < -0.39 is 0 Å². The molecule has 3 aromatic rings. The zero-order chi connectivity index (χ0) is 14.3. The van der Waals surface area contributed by atoms with E-state index in [1.807, 2.05) is 56.3 Å². The van der Waals surface area contributed by atoms with Gasteiger partial charge < -0.3 is 9.88 Å². The van der Waals surface area contributed by atoms with Crippen LogP contribution in [0.25, 0.3) is 22.6 Å². The highest BCUT2D eigenvalue weighted by atomic mass is 35.5. The highest BCUT2D eigenvalue weighted by Gasteiger charge is 2.11. The monoisotopic (exact) mass is 286 g/mol. The zero-order valence-electron chi connectivity index (χ0n) is 11.6. The standard InChI is InChI=1S/C15H15ClN4/c1-9-10(5-4-6-11(9)16)14-17-12-7-8-13(20(2)3)18-15(12)19-14/h4-8H,1-3H3,(H,17,18,19). The second-order valence-electron chi connectivity index (χ2n) is 4.93. The van der Waals surface area contributed by atoms with Crippen LogP contribution in [-0.4, -0.2) is 29.0 Å². The number of pyridine rings is 1. The number of hydrogen-bond donors (Lipinski definition) is 1. The Bertz CT molecular complexity index is 777. The molecule has 3 rings (SSSR count). The van der Waals surface area contributed by atoms with E-state index in [4.69, 9.17) is 11.6 Å². The Labute approximate surface area is 122 Å². The fourth-order valence-electron chi connectivity index (χ4n) is 2.12. The summed E-state index contributed by atoms with van der Waals surface area (Å²) in [5, 5.41) is 0.741. The Morgan fingerprint density at radius 2 is 1.90 bits per heavy atom. The van der Waals surface area contributed by atoms with E-state index in [0.717, 1.165) is 33.3 Å². The minimum absolute atomic E-state index is 0.713. The van der Waals surface area contributed by atoms with Gasteiger partial charge in [-0.2, -0.15) is 0 Å². The molecule has 102 valence electrons. The minimum atomic E-state index is 0.713. The van der Waals surface area contributed by atoms with Crippen molar-refractivity contribution >= 4 is 28.6 Å². The molecule has 2 aromatic heterocycles. The van der Waals surface area contributed by atoms with Gasteiger partial charge in [-0.15, -0.1) is 0 Å². The van der Waals surface area contributed by atoms with Crippen LogP contribution in [0.2, 0.25) is 5.02 Å². The van der Waals surface area contributed by atoms with Crippen LogP contribution in [0, 0.1) is 6.92 Å². The number of halogens is 1. The number of anilines is 1. The van der Waals surface area contributed by atoms with Gasteiger partial charge >= 0.3 is 0 Å². The lowest BCUT2D eigenvalue weighted by Crippen LogP contribution is -2.10. The third-order valence-corrected chi connectivity index (χ3v) is 3.72. The summed E-state index contributed by atoms with van der Waals surface area (Å²) in [6.45, 7) is 1.99. The number of nitrogens with one attached hydrogen (secondary N) is 1. The number of benzene rings is 1. The Hall–Kier alpha value is -2.07. The SMILES string of the molecule is Cc1c(Cl)cccc1-c1nc2nc(N(C)C)ccc2[nH]1. The van der Waals surface area contributed by atoms with Gasteiger partial charge in [0, 0.05) is 24.7 Å². The van der Waals surface area contributed by atoms with Crippen molar-refractivity contribution in [3.05, 3.63) is 40.9 Å². The van der Waals surface area contributed by atoms with Crippen LogP contribution in [0.4, 0.5) is 5.82 Å². The third kappa shape index (κ3) is 2.12. The van der Waals surface area contributed by atoms with Crippen molar-refractivity contribution in [3.8, 4) is 11.4 Å². The number of fused-ring (bicyclic) bond motifs is 1. The van der Waals surface area contributed by atoms with Crippen molar-refractivity contribution in [2.24, 2.45) is 0 Å². The van der Waals surface area contributed by atoms with Crippen LogP contribution < -0.4 is 4.90 Å². The van der Waals surface area contributed by atoms with Gasteiger partial charge in [-0.05, 0) is 30.7 Å². The van der Waals surface area contributed by atoms with Gasteiger partial charge in [0.2, 0.25) is 0 Å². The Morgan fingerprint density at radius 1 is 1.10 bits per heavy atom. The highest BCUT2D eigenvalue weighted by Crippen LogP contribution is 2.28. The molecule has 1 N–H and O–H groups in total. The molecular weight excluding hydrogens is 272 g/mol. The number of aromatic amines is 1. The molecule has 0 fully saturated rings. The van der Waals surface area contributed by atoms with Crippen LogP contribution in [0.15, 0.2) is 30.3 Å². The lowest BCUT2D eigenvalue weighted by Gasteiger charge is -2.09. The quantitative estimate of drug-likeness (QED) is 0.782. The van der Waals surface area contributed by atoms with Crippen molar-refractivity contribution in [2.75, 3.05) is 19.0 Å². The molecule has 0 unspecified atom stereocenters. The molecular formula is C15H15ClN4. The molecule has 0 saturated carbocycles. The second-order valence-corrected chi connectivity index (χ2v) is 5.34. The molecule has 0 bridgehead atoms. The summed E-state index contributed by atoms with van der Waals surface area (Å²) in [6.07, 6.45) is 0. The molecule has 0 aliphatic heterocycles. The van der Waals surface area contributed by atoms with Gasteiger partial charge in [0.1, 0.15) is 11.6 Å². The van der Waals surface area contributed by atoms with Crippen molar-refractivity contribution in [1.82, 2.24) is 15.0 Å². The first-order chi connectivity index (χ1) is 9.56. The topological polar surface area (TPSA) is 44.8 Å². The van der Waals surface area contributed by atoms with Gasteiger partial charge in [0.05, 0.1) is 5.52 Å². The molecule has 0 spiro atoms. The van der Waals surface area contributed by atoms with Gasteiger partial charge in [0.25, 0.3) is 0 Å². The average molecular weight is 287 g/mol. The summed E-state index contributed by atoms with van der Waals surface area (Å²) in [7, 11) is 3.92. The van der Waals surface area contributed by atoms with Crippen molar-refractivity contribution < 1.29 is 0 Å². The number of aromatic nitrogens is 3. The summed E-state index contributed by atoms with van der Waals surface area (Å²) < 4.78 is 0. The molecule has 0 saturated heterocycles. The number of H-pyrrole nitrogens is 1. The fourth-order valence-corrected chi connectivity index (χ4v) is 2.30. The van der Waals surface area contributed by atoms with E-state index in [2.05, 4.69) is 15.0 Å². The molecule has 20 heavy (non-hydrogen) atoms. The van der Waals surface area contributed by atoms with E-state index >= 15 is 0 Å². The van der Waals surface area contributed by atoms with E-state index in [9.17, 15) is 0 Å². The summed E-state index contributed by atoms with van der Waals surface area (Å²) in [5.74, 6) is 1.68. The molecule has 2 heterocycles. The molecule has 4 nitrogen and oxygen atoms in total. The molecule has 0 atom stereocenters. The van der Waals surface area contributed by atoms with Gasteiger partial charge in [-0.1, -0.05) is 23.7 Å². The van der Waals surface area contributed by atoms with Gasteiger partial charge in [-0.3, -0.25) is 0 Å². The van der Waals surface area contributed by atoms with Crippen molar-refractivity contribution in [2.45, 2.75) is 6.92 Å². The minimum Gasteiger partial charge on any atom is -0.363 e. The molecule has 0 amide bonds. The van der Waals surface area contributed by atoms with Crippen molar-refractivity contribution in [3.63, 3.8) is 0 Å². The molecule has 5 heteroatoms. The first kappa shape index (κ1) is 12.9. The predicted molar refractivity (Wildman–Crippen MR) is 83.4 cm³/mol. The van der Waals surface area contributed by atoms with Crippen molar-refractivity contribution in [1.29, 1.82) is 0 Å². The van der Waals surface area contributed by atoms with E-state index in [0.29, 0.717) is 5.65 Å². The molecule has 0 aliphatic rings. The summed E-state index contributed by atoms with van der Waals surface area (Å²) in [4.78, 5) is 14.4. The third-order valence-electron chi connectivity index (χ3n) is 3.31. The normalized spacial score (nSPS) is 11.0. The maximum Gasteiger partial charge on any atom is 0.180 e. The average Bonchev–Trinajstić information content (AvgIpc) is 2.84. The van der Waals surface area contributed by atoms with Gasteiger partial charge in [0.15, 0.2) is 5.65 Å². The van der Waals surface area contributed by atoms with E-state index in [1.54, 1.807) is 0 Å². The largest absolute Gasteiger partial charge is 0.363 e. The van der Waals surface area contributed by atoms with Crippen LogP contribution in [-0.2, 0) is 0 Å². The molecule has 0 radical (unpaired) electrons. The summed E-state index contributed by atoms with van der Waals surface area (Å²) in [6, 6.07) is 9.77. The first-order valence-electron chi connectivity index (χ1n) is 6.36. The summed E-state index contributed by atoms with van der Waals surface area (Å²) in [5.41, 5.74) is 3.65. The number of nitrogens with zero attached hydrogens (tertiary/aromatic N) is 3. The van der Waals surface area contributed by atoms with Gasteiger partial charge in [-0.25, -0.2) is 9.97 Å². The van der Waals surface area contributed by atoms with Crippen LogP contribution in [0.5, 0.6) is 0 Å². The number of hydrogen-bond acceptors (Lipinski definition) is 3. The lowest BCUT2D eigenvalue weighted by molar-refractivity contribution is 1.08. The lowest BCUT2D eigenvalue weighted by atomic mass is 10.1. The predicted octanol–water partition coefficient (Wildman–Crippen LogP) is 3.65. The van der Waals surface area contributed by atoms with Crippen LogP contribution in [0.1, 0.15) is 5.56 Å². The van der Waals surface area contributed by atoms with E-state index in [1.165, 1.54) is 0 Å².